The molecule has 0 spiro atoms. The number of nitrogens with one attached hydrogen (secondary N) is 2. The molecule has 0 radical (unpaired) electrons. The molecule has 1 aliphatic carbocycles. The van der Waals surface area contributed by atoms with Crippen LogP contribution in [0.1, 0.15) is 45.2 Å². The number of hydrogen-bond donors (Lipinski definition) is 3. The van der Waals surface area contributed by atoms with E-state index in [1.54, 1.807) is 49.5 Å². The van der Waals surface area contributed by atoms with E-state index < -0.39 is 0 Å². The lowest BCUT2D eigenvalue weighted by Crippen LogP contribution is -2.53. The monoisotopic (exact) mass is 517 g/mol. The second-order valence-electron chi connectivity index (χ2n) is 9.51. The molecule has 35 heavy (non-hydrogen) atoms. The maximum Gasteiger partial charge on any atom is 0.280 e. The van der Waals surface area contributed by atoms with E-state index in [0.29, 0.717) is 34.9 Å². The van der Waals surface area contributed by atoms with Gasteiger partial charge in [-0.3, -0.25) is 9.59 Å². The summed E-state index contributed by atoms with van der Waals surface area (Å²) in [5, 5.41) is 18.0. The van der Waals surface area contributed by atoms with Crippen molar-refractivity contribution in [1.82, 2.24) is 25.4 Å². The zero-order chi connectivity index (χ0) is 25.1. The highest BCUT2D eigenvalue weighted by molar-refractivity contribution is 7.13. The van der Waals surface area contributed by atoms with Crippen LogP contribution in [-0.2, 0) is 17.8 Å². The van der Waals surface area contributed by atoms with Crippen LogP contribution < -0.4 is 10.6 Å². The summed E-state index contributed by atoms with van der Waals surface area (Å²) in [7, 11) is 5.57. The Kier molecular flexibility index (Phi) is 7.98. The molecule has 1 aromatic heterocycles. The van der Waals surface area contributed by atoms with Gasteiger partial charge >= 0.3 is 0 Å². The zero-order valence-corrected chi connectivity index (χ0v) is 21.8. The number of rotatable bonds is 6. The van der Waals surface area contributed by atoms with Crippen LogP contribution in [0.3, 0.4) is 0 Å². The highest BCUT2D eigenvalue weighted by atomic mass is 35.5. The number of carbonyl (C=O) groups excluding carboxylic acids is 2. The third-order valence-electron chi connectivity index (χ3n) is 6.65. The summed E-state index contributed by atoms with van der Waals surface area (Å²) >= 11 is 7.38. The van der Waals surface area contributed by atoms with E-state index in [-0.39, 0.29) is 35.6 Å². The molecule has 3 N–H and O–H groups in total. The normalized spacial score (nSPS) is 22.9. The van der Waals surface area contributed by atoms with Crippen molar-refractivity contribution in [1.29, 1.82) is 0 Å². The van der Waals surface area contributed by atoms with Crippen molar-refractivity contribution in [2.45, 2.75) is 44.3 Å². The molecule has 1 aliphatic heterocycles. The van der Waals surface area contributed by atoms with E-state index in [1.165, 1.54) is 11.3 Å². The molecule has 0 saturated heterocycles. The molecule has 0 unspecified atom stereocenters. The minimum Gasteiger partial charge on any atom is -0.506 e. The minimum atomic E-state index is -0.289. The molecular formula is C25H32ClN5O3S. The van der Waals surface area contributed by atoms with Gasteiger partial charge in [0.2, 0.25) is 5.91 Å². The predicted molar refractivity (Wildman–Crippen MR) is 138 cm³/mol. The van der Waals surface area contributed by atoms with Gasteiger partial charge in [-0.25, -0.2) is 4.98 Å². The van der Waals surface area contributed by atoms with Crippen molar-refractivity contribution in [3.63, 3.8) is 0 Å². The summed E-state index contributed by atoms with van der Waals surface area (Å²) in [4.78, 5) is 35.4. The summed E-state index contributed by atoms with van der Waals surface area (Å²) in [6.07, 6.45) is 4.30. The highest BCUT2D eigenvalue weighted by Gasteiger charge is 2.36. The smallest absolute Gasteiger partial charge is 0.280 e. The van der Waals surface area contributed by atoms with Crippen LogP contribution in [0, 0.1) is 5.92 Å². The summed E-state index contributed by atoms with van der Waals surface area (Å²) in [5.41, 5.74) is 1.64. The Morgan fingerprint density at radius 3 is 2.69 bits per heavy atom. The standard InChI is InChI=1S/C25H32ClN5O3S/c1-30(2)25(34)16-6-9-18(27-13-21(32)15-4-7-17(26)8-5-15)20(12-16)28-23(33)24-29-19-10-11-31(3)14-22(19)35-24/h4-5,7-8,13,16,18,20,27,32H,6,9-12,14H2,1-3H3,(H,28,33)/t16-,18-,20+/m0/s1. The molecule has 188 valence electrons. The summed E-state index contributed by atoms with van der Waals surface area (Å²) in [5.74, 6) is -0.238. The van der Waals surface area contributed by atoms with E-state index in [4.69, 9.17) is 11.6 Å². The summed E-state index contributed by atoms with van der Waals surface area (Å²) in [6, 6.07) is 6.48. The molecule has 3 atom stereocenters. The molecule has 1 aromatic carbocycles. The van der Waals surface area contributed by atoms with Gasteiger partial charge in [0, 0.05) is 67.2 Å². The van der Waals surface area contributed by atoms with Crippen LogP contribution in [0.5, 0.6) is 0 Å². The number of aliphatic hydroxyl groups is 1. The first kappa shape index (κ1) is 25.5. The van der Waals surface area contributed by atoms with E-state index in [2.05, 4.69) is 27.6 Å². The highest BCUT2D eigenvalue weighted by Crippen LogP contribution is 2.28. The van der Waals surface area contributed by atoms with E-state index in [1.807, 2.05) is 0 Å². The molecule has 1 saturated carbocycles. The molecule has 2 aromatic rings. The van der Waals surface area contributed by atoms with Gasteiger partial charge in [0.15, 0.2) is 5.01 Å². The molecule has 8 nitrogen and oxygen atoms in total. The number of aliphatic hydroxyl groups excluding tert-OH is 1. The molecule has 1 fully saturated rings. The van der Waals surface area contributed by atoms with Crippen LogP contribution in [0.15, 0.2) is 30.5 Å². The van der Waals surface area contributed by atoms with E-state index in [9.17, 15) is 14.7 Å². The topological polar surface area (TPSA) is 97.8 Å². The number of fused-ring (bicyclic) bond motifs is 1. The Morgan fingerprint density at radius 2 is 1.97 bits per heavy atom. The van der Waals surface area contributed by atoms with Crippen LogP contribution in [0.4, 0.5) is 0 Å². The summed E-state index contributed by atoms with van der Waals surface area (Å²) in [6.45, 7) is 1.74. The van der Waals surface area contributed by atoms with Gasteiger partial charge in [0.1, 0.15) is 5.76 Å². The zero-order valence-electron chi connectivity index (χ0n) is 20.3. The largest absolute Gasteiger partial charge is 0.506 e. The molecule has 0 bridgehead atoms. The van der Waals surface area contributed by atoms with Gasteiger partial charge in [-0.2, -0.15) is 0 Å². The lowest BCUT2D eigenvalue weighted by atomic mass is 9.81. The first-order chi connectivity index (χ1) is 16.7. The number of carbonyl (C=O) groups is 2. The van der Waals surface area contributed by atoms with Gasteiger partial charge in [-0.15, -0.1) is 11.3 Å². The third kappa shape index (κ3) is 6.15. The maximum absolute atomic E-state index is 13.2. The lowest BCUT2D eigenvalue weighted by Gasteiger charge is -2.37. The van der Waals surface area contributed by atoms with Crippen molar-refractivity contribution in [2.24, 2.45) is 5.92 Å². The average Bonchev–Trinajstić information content (AvgIpc) is 3.26. The number of aromatic nitrogens is 1. The fourth-order valence-electron chi connectivity index (χ4n) is 4.66. The van der Waals surface area contributed by atoms with Crippen molar-refractivity contribution in [3.8, 4) is 0 Å². The fraction of sp³-hybridized carbons (Fsp3) is 0.480. The van der Waals surface area contributed by atoms with Gasteiger partial charge < -0.3 is 25.5 Å². The van der Waals surface area contributed by atoms with Crippen LogP contribution in [-0.4, -0.2) is 71.5 Å². The first-order valence-electron chi connectivity index (χ1n) is 11.8. The molecule has 2 heterocycles. The first-order valence-corrected chi connectivity index (χ1v) is 13.0. The third-order valence-corrected chi connectivity index (χ3v) is 7.98. The number of benzene rings is 1. The number of nitrogens with zero attached hydrogens (tertiary/aromatic N) is 3. The molecule has 4 rings (SSSR count). The number of thiazole rings is 1. The van der Waals surface area contributed by atoms with E-state index in [0.717, 1.165) is 30.1 Å². The van der Waals surface area contributed by atoms with Gasteiger partial charge in [-0.1, -0.05) is 11.6 Å². The predicted octanol–water partition coefficient (Wildman–Crippen LogP) is 3.29. The molecule has 2 amide bonds. The molecule has 2 aliphatic rings. The Balaban J connectivity index is 1.49. The number of likely N-dealkylation sites (N-methyl/N-ethyl adjacent to an activating group) is 1. The Bertz CT molecular complexity index is 1100. The summed E-state index contributed by atoms with van der Waals surface area (Å²) < 4.78 is 0. The Labute approximate surface area is 215 Å². The SMILES string of the molecule is CN1CCc2nc(C(=O)N[C@@H]3C[C@@H](C(=O)N(C)C)CC[C@@H]3NC=C(O)c3ccc(Cl)cc3)sc2C1. The quantitative estimate of drug-likeness (QED) is 0.509. The number of amides is 2. The van der Waals surface area contributed by atoms with Crippen molar-refractivity contribution >= 4 is 40.5 Å². The van der Waals surface area contributed by atoms with Gasteiger partial charge in [-0.05, 0) is 50.6 Å². The lowest BCUT2D eigenvalue weighted by molar-refractivity contribution is -0.134. The van der Waals surface area contributed by atoms with Crippen LogP contribution >= 0.6 is 22.9 Å². The second kappa shape index (κ2) is 11.0. The maximum atomic E-state index is 13.2. The Hall–Kier alpha value is -2.62. The van der Waals surface area contributed by atoms with Crippen LogP contribution in [0.2, 0.25) is 5.02 Å². The molecular weight excluding hydrogens is 486 g/mol. The van der Waals surface area contributed by atoms with Crippen molar-refractivity contribution in [3.05, 3.63) is 56.6 Å². The van der Waals surface area contributed by atoms with Crippen molar-refractivity contribution < 1.29 is 14.7 Å². The Morgan fingerprint density at radius 1 is 1.23 bits per heavy atom. The number of halogens is 1. The second-order valence-corrected chi connectivity index (χ2v) is 11.0. The fourth-order valence-corrected chi connectivity index (χ4v) is 5.88. The molecule has 10 heteroatoms. The minimum absolute atomic E-state index is 0.0648. The van der Waals surface area contributed by atoms with Crippen LogP contribution in [0.25, 0.3) is 5.76 Å². The number of hydrogen-bond acceptors (Lipinski definition) is 7. The van der Waals surface area contributed by atoms with Gasteiger partial charge in [0.25, 0.3) is 5.91 Å². The average molecular weight is 518 g/mol. The van der Waals surface area contributed by atoms with E-state index >= 15 is 0 Å². The van der Waals surface area contributed by atoms with Crippen molar-refractivity contribution in [2.75, 3.05) is 27.7 Å². The van der Waals surface area contributed by atoms with Gasteiger partial charge in [0.05, 0.1) is 11.7 Å².